The number of hydrogen-bond acceptors (Lipinski definition) is 6. The van der Waals surface area contributed by atoms with Crippen molar-refractivity contribution in [3.05, 3.63) is 83.9 Å². The van der Waals surface area contributed by atoms with Gasteiger partial charge in [-0.3, -0.25) is 9.29 Å². The maximum atomic E-state index is 12.8. The highest BCUT2D eigenvalue weighted by Gasteiger charge is 2.18. The minimum atomic E-state index is -3.70. The summed E-state index contributed by atoms with van der Waals surface area (Å²) in [6.45, 7) is 5.64. The van der Waals surface area contributed by atoms with Crippen LogP contribution in [-0.4, -0.2) is 28.2 Å². The highest BCUT2D eigenvalue weighted by molar-refractivity contribution is 7.92. The van der Waals surface area contributed by atoms with Crippen LogP contribution in [-0.2, 0) is 10.0 Å². The van der Waals surface area contributed by atoms with Crippen LogP contribution in [0.5, 0.6) is 11.6 Å². The molecule has 0 atom stereocenters. The van der Waals surface area contributed by atoms with E-state index in [1.165, 1.54) is 0 Å². The lowest BCUT2D eigenvalue weighted by Gasteiger charge is -2.13. The summed E-state index contributed by atoms with van der Waals surface area (Å²) in [6.07, 6.45) is 5.05. The van der Waals surface area contributed by atoms with Crippen LogP contribution in [0.4, 0.5) is 5.69 Å². The SMILES string of the molecule is Cc1cc(C)c(S(=O)(=O)Nc2ccc(Oc3ccc(-n4ccnc4)nn3)cc2)cc1C. The maximum Gasteiger partial charge on any atom is 0.262 e. The van der Waals surface area contributed by atoms with Gasteiger partial charge in [0.05, 0.1) is 4.90 Å². The second-order valence-corrected chi connectivity index (χ2v) is 8.78. The molecule has 0 radical (unpaired) electrons. The molecule has 0 aliphatic rings. The van der Waals surface area contributed by atoms with Crippen molar-refractivity contribution in [1.29, 1.82) is 0 Å². The Morgan fingerprint density at radius 2 is 1.65 bits per heavy atom. The molecule has 0 unspecified atom stereocenters. The second kappa shape index (κ2) is 8.19. The summed E-state index contributed by atoms with van der Waals surface area (Å²) in [5.74, 6) is 1.45. The number of nitrogens with one attached hydrogen (secondary N) is 1. The van der Waals surface area contributed by atoms with Gasteiger partial charge in [-0.25, -0.2) is 13.4 Å². The van der Waals surface area contributed by atoms with Crippen LogP contribution in [0.2, 0.25) is 0 Å². The molecular formula is C22H21N5O3S. The van der Waals surface area contributed by atoms with E-state index >= 15 is 0 Å². The third-order valence-electron chi connectivity index (χ3n) is 4.80. The van der Waals surface area contributed by atoms with E-state index in [1.807, 2.05) is 19.9 Å². The van der Waals surface area contributed by atoms with Crippen molar-refractivity contribution < 1.29 is 13.2 Å². The number of benzene rings is 2. The fourth-order valence-corrected chi connectivity index (χ4v) is 4.42. The number of imidazole rings is 1. The van der Waals surface area contributed by atoms with Gasteiger partial charge in [-0.2, -0.15) is 0 Å². The molecule has 2 aromatic carbocycles. The molecule has 31 heavy (non-hydrogen) atoms. The summed E-state index contributed by atoms with van der Waals surface area (Å²) >= 11 is 0. The van der Waals surface area contributed by atoms with Crippen molar-refractivity contribution in [3.8, 4) is 17.4 Å². The molecular weight excluding hydrogens is 414 g/mol. The van der Waals surface area contributed by atoms with Crippen molar-refractivity contribution in [2.24, 2.45) is 0 Å². The van der Waals surface area contributed by atoms with Crippen LogP contribution in [0.15, 0.2) is 72.1 Å². The summed E-state index contributed by atoms with van der Waals surface area (Å²) in [6, 6.07) is 13.6. The predicted octanol–water partition coefficient (Wildman–Crippen LogP) is 4.18. The maximum absolute atomic E-state index is 12.8. The van der Waals surface area contributed by atoms with Crippen LogP contribution >= 0.6 is 0 Å². The van der Waals surface area contributed by atoms with Gasteiger partial charge in [-0.15, -0.1) is 10.2 Å². The topological polar surface area (TPSA) is 99.0 Å². The Balaban J connectivity index is 1.46. The third-order valence-corrected chi connectivity index (χ3v) is 6.33. The minimum absolute atomic E-state index is 0.268. The Hall–Kier alpha value is -3.72. The number of anilines is 1. The molecule has 2 aromatic heterocycles. The fourth-order valence-electron chi connectivity index (χ4n) is 3.05. The molecule has 0 bridgehead atoms. The molecule has 0 saturated carbocycles. The largest absolute Gasteiger partial charge is 0.438 e. The van der Waals surface area contributed by atoms with E-state index in [1.54, 1.807) is 72.7 Å². The molecule has 1 N–H and O–H groups in total. The number of hydrogen-bond donors (Lipinski definition) is 1. The Kier molecular flexibility index (Phi) is 5.43. The van der Waals surface area contributed by atoms with Gasteiger partial charge in [-0.1, -0.05) is 6.07 Å². The van der Waals surface area contributed by atoms with Gasteiger partial charge in [-0.05, 0) is 73.9 Å². The van der Waals surface area contributed by atoms with E-state index in [0.717, 1.165) is 11.1 Å². The zero-order chi connectivity index (χ0) is 22.0. The van der Waals surface area contributed by atoms with Crippen molar-refractivity contribution in [3.63, 3.8) is 0 Å². The molecule has 158 valence electrons. The first kappa shape index (κ1) is 20.5. The van der Waals surface area contributed by atoms with Gasteiger partial charge in [0.15, 0.2) is 5.82 Å². The predicted molar refractivity (Wildman–Crippen MR) is 117 cm³/mol. The fraction of sp³-hybridized carbons (Fsp3) is 0.136. The van der Waals surface area contributed by atoms with E-state index in [-0.39, 0.29) is 4.90 Å². The number of ether oxygens (including phenoxy) is 1. The van der Waals surface area contributed by atoms with E-state index in [2.05, 4.69) is 19.9 Å². The summed E-state index contributed by atoms with van der Waals surface area (Å²) in [7, 11) is -3.70. The first-order valence-corrected chi connectivity index (χ1v) is 11.0. The third kappa shape index (κ3) is 4.56. The van der Waals surface area contributed by atoms with Crippen molar-refractivity contribution in [2.75, 3.05) is 4.72 Å². The lowest BCUT2D eigenvalue weighted by Crippen LogP contribution is -2.14. The summed E-state index contributed by atoms with van der Waals surface area (Å²) < 4.78 is 35.7. The quantitative estimate of drug-likeness (QED) is 0.488. The van der Waals surface area contributed by atoms with Gasteiger partial charge in [0.2, 0.25) is 5.88 Å². The van der Waals surface area contributed by atoms with Crippen molar-refractivity contribution in [2.45, 2.75) is 25.7 Å². The zero-order valence-electron chi connectivity index (χ0n) is 17.3. The minimum Gasteiger partial charge on any atom is -0.438 e. The second-order valence-electron chi connectivity index (χ2n) is 7.13. The molecule has 4 rings (SSSR count). The molecule has 9 heteroatoms. The average molecular weight is 436 g/mol. The summed E-state index contributed by atoms with van der Waals surface area (Å²) in [5.41, 5.74) is 3.12. The molecule has 2 heterocycles. The van der Waals surface area contributed by atoms with E-state index in [4.69, 9.17) is 4.74 Å². The summed E-state index contributed by atoms with van der Waals surface area (Å²) in [5, 5.41) is 8.14. The van der Waals surface area contributed by atoms with Crippen LogP contribution in [0.3, 0.4) is 0 Å². The number of nitrogens with zero attached hydrogens (tertiary/aromatic N) is 4. The van der Waals surface area contributed by atoms with Gasteiger partial charge >= 0.3 is 0 Å². The first-order chi connectivity index (χ1) is 14.8. The van der Waals surface area contributed by atoms with Crippen LogP contribution in [0.25, 0.3) is 5.82 Å². The Morgan fingerprint density at radius 3 is 2.29 bits per heavy atom. The van der Waals surface area contributed by atoms with Crippen LogP contribution in [0, 0.1) is 20.8 Å². The lowest BCUT2D eigenvalue weighted by atomic mass is 10.1. The Bertz CT molecular complexity index is 1300. The number of rotatable bonds is 6. The molecule has 8 nitrogen and oxygen atoms in total. The standard InChI is InChI=1S/C22H21N5O3S/c1-15-12-17(3)20(13-16(15)2)31(28,29)26-18-4-6-19(7-5-18)30-22-9-8-21(24-25-22)27-11-10-23-14-27/h4-14,26H,1-3H3. The monoisotopic (exact) mass is 435 g/mol. The average Bonchev–Trinajstić information content (AvgIpc) is 3.27. The molecule has 0 spiro atoms. The zero-order valence-corrected chi connectivity index (χ0v) is 18.1. The number of sulfonamides is 1. The molecule has 4 aromatic rings. The molecule has 0 amide bonds. The van der Waals surface area contributed by atoms with Gasteiger partial charge in [0, 0.05) is 24.1 Å². The first-order valence-electron chi connectivity index (χ1n) is 9.52. The molecule has 0 aliphatic heterocycles. The van der Waals surface area contributed by atoms with E-state index in [9.17, 15) is 8.42 Å². The van der Waals surface area contributed by atoms with Crippen molar-refractivity contribution >= 4 is 15.7 Å². The molecule has 0 fully saturated rings. The highest BCUT2D eigenvalue weighted by Crippen LogP contribution is 2.25. The lowest BCUT2D eigenvalue weighted by molar-refractivity contribution is 0.454. The van der Waals surface area contributed by atoms with Crippen LogP contribution < -0.4 is 9.46 Å². The van der Waals surface area contributed by atoms with Gasteiger partial charge < -0.3 is 4.74 Å². The highest BCUT2D eigenvalue weighted by atomic mass is 32.2. The van der Waals surface area contributed by atoms with E-state index in [0.29, 0.717) is 28.7 Å². The van der Waals surface area contributed by atoms with Gasteiger partial charge in [0.1, 0.15) is 12.1 Å². The van der Waals surface area contributed by atoms with Gasteiger partial charge in [0.25, 0.3) is 10.0 Å². The van der Waals surface area contributed by atoms with E-state index < -0.39 is 10.0 Å². The Morgan fingerprint density at radius 1 is 0.903 bits per heavy atom. The van der Waals surface area contributed by atoms with Crippen molar-refractivity contribution in [1.82, 2.24) is 19.7 Å². The summed E-state index contributed by atoms with van der Waals surface area (Å²) in [4.78, 5) is 4.24. The Labute approximate surface area is 180 Å². The number of aromatic nitrogens is 4. The molecule has 0 aliphatic carbocycles. The smallest absolute Gasteiger partial charge is 0.262 e. The normalized spacial score (nSPS) is 11.3. The van der Waals surface area contributed by atoms with Crippen LogP contribution in [0.1, 0.15) is 16.7 Å². The molecule has 0 saturated heterocycles. The number of aryl methyl sites for hydroxylation is 3.